The SMILES string of the molecule is O=C(O)N1CCc2ccc(N=C=S)cc21. The number of benzene rings is 1. The van der Waals surface area contributed by atoms with Crippen molar-refractivity contribution >= 4 is 34.8 Å². The fourth-order valence-electron chi connectivity index (χ4n) is 1.69. The van der Waals surface area contributed by atoms with Gasteiger partial charge in [0.1, 0.15) is 0 Å². The van der Waals surface area contributed by atoms with E-state index >= 15 is 0 Å². The third-order valence-corrected chi connectivity index (χ3v) is 2.46. The third kappa shape index (κ3) is 1.75. The molecule has 1 amide bonds. The maximum absolute atomic E-state index is 10.9. The Morgan fingerprint density at radius 1 is 1.60 bits per heavy atom. The maximum Gasteiger partial charge on any atom is 0.411 e. The lowest BCUT2D eigenvalue weighted by molar-refractivity contribution is 0.202. The Labute approximate surface area is 91.9 Å². The molecule has 0 atom stereocenters. The Hall–Kier alpha value is -1.71. The van der Waals surface area contributed by atoms with E-state index < -0.39 is 6.09 Å². The van der Waals surface area contributed by atoms with E-state index in [-0.39, 0.29) is 0 Å². The molecule has 5 heteroatoms. The van der Waals surface area contributed by atoms with Crippen LogP contribution in [0.4, 0.5) is 16.2 Å². The van der Waals surface area contributed by atoms with E-state index in [2.05, 4.69) is 22.4 Å². The highest BCUT2D eigenvalue weighted by atomic mass is 32.1. The summed E-state index contributed by atoms with van der Waals surface area (Å²) in [6.07, 6.45) is -0.180. The first kappa shape index (κ1) is 9.83. The van der Waals surface area contributed by atoms with E-state index in [1.165, 1.54) is 4.90 Å². The van der Waals surface area contributed by atoms with Crippen molar-refractivity contribution in [2.75, 3.05) is 11.4 Å². The minimum absolute atomic E-state index is 0.509. The first-order valence-electron chi connectivity index (χ1n) is 4.43. The monoisotopic (exact) mass is 220 g/mol. The number of amides is 1. The largest absolute Gasteiger partial charge is 0.465 e. The topological polar surface area (TPSA) is 52.9 Å². The molecule has 0 fully saturated rings. The molecule has 0 radical (unpaired) electrons. The second-order valence-electron chi connectivity index (χ2n) is 3.20. The van der Waals surface area contributed by atoms with Crippen molar-refractivity contribution in [1.82, 2.24) is 0 Å². The van der Waals surface area contributed by atoms with Crippen molar-refractivity contribution in [3.05, 3.63) is 23.8 Å². The Morgan fingerprint density at radius 2 is 2.40 bits per heavy atom. The van der Waals surface area contributed by atoms with Crippen molar-refractivity contribution in [2.45, 2.75) is 6.42 Å². The molecule has 15 heavy (non-hydrogen) atoms. The van der Waals surface area contributed by atoms with E-state index in [1.807, 2.05) is 12.1 Å². The highest BCUT2D eigenvalue weighted by molar-refractivity contribution is 7.78. The third-order valence-electron chi connectivity index (χ3n) is 2.37. The van der Waals surface area contributed by atoms with E-state index in [4.69, 9.17) is 5.11 Å². The van der Waals surface area contributed by atoms with E-state index in [0.717, 1.165) is 12.0 Å². The van der Waals surface area contributed by atoms with Gasteiger partial charge >= 0.3 is 6.09 Å². The molecule has 0 saturated carbocycles. The molecule has 1 N–H and O–H groups in total. The zero-order chi connectivity index (χ0) is 10.8. The molecule has 76 valence electrons. The Balaban J connectivity index is 2.46. The lowest BCUT2D eigenvalue weighted by Crippen LogP contribution is -2.26. The van der Waals surface area contributed by atoms with Gasteiger partial charge in [0.25, 0.3) is 0 Å². The second kappa shape index (κ2) is 3.81. The number of fused-ring (bicyclic) bond motifs is 1. The molecule has 4 nitrogen and oxygen atoms in total. The fraction of sp³-hybridized carbons (Fsp3) is 0.200. The van der Waals surface area contributed by atoms with Gasteiger partial charge in [0, 0.05) is 6.54 Å². The summed E-state index contributed by atoms with van der Waals surface area (Å²) in [6.45, 7) is 0.509. The van der Waals surface area contributed by atoms with Crippen molar-refractivity contribution < 1.29 is 9.90 Å². The molecule has 1 aliphatic heterocycles. The second-order valence-corrected chi connectivity index (χ2v) is 3.38. The number of thiocarbonyl (C=S) groups is 1. The molecular weight excluding hydrogens is 212 g/mol. The van der Waals surface area contributed by atoms with Crippen molar-refractivity contribution in [1.29, 1.82) is 0 Å². The molecule has 1 aromatic carbocycles. The lowest BCUT2D eigenvalue weighted by atomic mass is 10.1. The summed E-state index contributed by atoms with van der Waals surface area (Å²) in [5.74, 6) is 0. The normalized spacial score (nSPS) is 13.2. The number of hydrogen-bond acceptors (Lipinski definition) is 3. The van der Waals surface area contributed by atoms with E-state index in [9.17, 15) is 4.79 Å². The number of aliphatic imine (C=N–C) groups is 1. The lowest BCUT2D eigenvalue weighted by Gasteiger charge is -2.12. The summed E-state index contributed by atoms with van der Waals surface area (Å²) in [7, 11) is 0. The highest BCUT2D eigenvalue weighted by Crippen LogP contribution is 2.31. The van der Waals surface area contributed by atoms with Crippen LogP contribution in [0.3, 0.4) is 0 Å². The molecule has 0 aromatic heterocycles. The van der Waals surface area contributed by atoms with Gasteiger partial charge in [0.2, 0.25) is 0 Å². The molecule has 0 saturated heterocycles. The Kier molecular flexibility index (Phi) is 2.49. The van der Waals surface area contributed by atoms with Crippen LogP contribution in [0.2, 0.25) is 0 Å². The van der Waals surface area contributed by atoms with Gasteiger partial charge in [-0.15, -0.1) is 0 Å². The number of carboxylic acid groups (broad SMARTS) is 1. The van der Waals surface area contributed by atoms with Gasteiger partial charge < -0.3 is 5.11 Å². The summed E-state index contributed by atoms with van der Waals surface area (Å²) >= 11 is 4.50. The van der Waals surface area contributed by atoms with Crippen LogP contribution >= 0.6 is 12.2 Å². The number of anilines is 1. The van der Waals surface area contributed by atoms with Crippen LogP contribution in [0.5, 0.6) is 0 Å². The molecular formula is C10H8N2O2S. The van der Waals surface area contributed by atoms with Crippen LogP contribution in [0, 0.1) is 0 Å². The molecule has 0 bridgehead atoms. The smallest absolute Gasteiger partial charge is 0.411 e. The zero-order valence-electron chi connectivity index (χ0n) is 7.80. The maximum atomic E-state index is 10.9. The number of rotatable bonds is 1. The van der Waals surface area contributed by atoms with Crippen LogP contribution < -0.4 is 4.90 Å². The van der Waals surface area contributed by atoms with Crippen LogP contribution in [0.1, 0.15) is 5.56 Å². The van der Waals surface area contributed by atoms with E-state index in [1.54, 1.807) is 6.07 Å². The van der Waals surface area contributed by atoms with Gasteiger partial charge in [0.05, 0.1) is 16.5 Å². The number of carbonyl (C=O) groups is 1. The Bertz CT molecular complexity index is 466. The van der Waals surface area contributed by atoms with Gasteiger partial charge in [0.15, 0.2) is 0 Å². The van der Waals surface area contributed by atoms with Crippen molar-refractivity contribution in [2.24, 2.45) is 4.99 Å². The number of isothiocyanates is 1. The summed E-state index contributed by atoms with van der Waals surface area (Å²) in [5.41, 5.74) is 2.37. The summed E-state index contributed by atoms with van der Waals surface area (Å²) in [4.78, 5) is 16.0. The van der Waals surface area contributed by atoms with Gasteiger partial charge in [-0.05, 0) is 36.3 Å². The van der Waals surface area contributed by atoms with Crippen LogP contribution in [-0.4, -0.2) is 22.9 Å². The molecule has 2 rings (SSSR count). The fourth-order valence-corrected chi connectivity index (χ4v) is 1.79. The first-order valence-corrected chi connectivity index (χ1v) is 4.84. The minimum atomic E-state index is -0.933. The molecule has 0 unspecified atom stereocenters. The molecule has 1 aliphatic rings. The first-order chi connectivity index (χ1) is 7.22. The predicted molar refractivity (Wildman–Crippen MR) is 60.2 cm³/mol. The zero-order valence-corrected chi connectivity index (χ0v) is 8.62. The quantitative estimate of drug-likeness (QED) is 0.584. The van der Waals surface area contributed by atoms with Crippen LogP contribution in [0.15, 0.2) is 23.2 Å². The Morgan fingerprint density at radius 3 is 3.07 bits per heavy atom. The predicted octanol–water partition coefficient (Wildman–Crippen LogP) is 2.46. The summed E-state index contributed by atoms with van der Waals surface area (Å²) in [5, 5.41) is 11.2. The van der Waals surface area contributed by atoms with Gasteiger partial charge in [-0.25, -0.2) is 4.79 Å². The van der Waals surface area contributed by atoms with Crippen molar-refractivity contribution in [3.8, 4) is 0 Å². The van der Waals surface area contributed by atoms with Gasteiger partial charge in [-0.1, -0.05) is 6.07 Å². The number of nitrogens with zero attached hydrogens (tertiary/aromatic N) is 2. The molecule has 1 heterocycles. The average molecular weight is 220 g/mol. The summed E-state index contributed by atoms with van der Waals surface area (Å²) < 4.78 is 0. The molecule has 0 aliphatic carbocycles. The van der Waals surface area contributed by atoms with Crippen molar-refractivity contribution in [3.63, 3.8) is 0 Å². The standard InChI is InChI=1S/C10H8N2O2S/c13-10(14)12-4-3-7-1-2-8(11-6-15)5-9(7)12/h1-2,5H,3-4H2,(H,13,14). The summed E-state index contributed by atoms with van der Waals surface area (Å²) in [6, 6.07) is 5.41. The number of hydrogen-bond donors (Lipinski definition) is 1. The average Bonchev–Trinajstić information content (AvgIpc) is 2.61. The van der Waals surface area contributed by atoms with Crippen LogP contribution in [0.25, 0.3) is 0 Å². The van der Waals surface area contributed by atoms with Gasteiger partial charge in [-0.2, -0.15) is 4.99 Å². The van der Waals surface area contributed by atoms with Crippen LogP contribution in [-0.2, 0) is 6.42 Å². The molecule has 1 aromatic rings. The molecule has 0 spiro atoms. The van der Waals surface area contributed by atoms with Gasteiger partial charge in [-0.3, -0.25) is 4.90 Å². The minimum Gasteiger partial charge on any atom is -0.465 e. The van der Waals surface area contributed by atoms with E-state index in [0.29, 0.717) is 17.9 Å². The highest BCUT2D eigenvalue weighted by Gasteiger charge is 2.24.